The zero-order valence-electron chi connectivity index (χ0n) is 9.97. The first-order valence-corrected chi connectivity index (χ1v) is 5.34. The minimum atomic E-state index is -0.429. The van der Waals surface area contributed by atoms with Gasteiger partial charge in [-0.2, -0.15) is 0 Å². The van der Waals surface area contributed by atoms with Crippen molar-refractivity contribution in [1.29, 1.82) is 0 Å². The zero-order chi connectivity index (χ0) is 13.3. The van der Waals surface area contributed by atoms with E-state index < -0.39 is 4.92 Å². The number of aryl methyl sites for hydroxylation is 2. The third-order valence-electron chi connectivity index (χ3n) is 2.75. The van der Waals surface area contributed by atoms with Gasteiger partial charge in [0.15, 0.2) is 12.0 Å². The summed E-state index contributed by atoms with van der Waals surface area (Å²) in [5.41, 5.74) is 2.13. The number of benzene rings is 1. The third kappa shape index (κ3) is 2.02. The Morgan fingerprint density at radius 1 is 1.22 bits per heavy atom. The van der Waals surface area contributed by atoms with Crippen LogP contribution < -0.4 is 0 Å². The van der Waals surface area contributed by atoms with Crippen LogP contribution in [0.3, 0.4) is 0 Å². The van der Waals surface area contributed by atoms with Gasteiger partial charge in [-0.3, -0.25) is 14.9 Å². The van der Waals surface area contributed by atoms with Gasteiger partial charge in [0.2, 0.25) is 0 Å². The number of furan rings is 1. The summed E-state index contributed by atoms with van der Waals surface area (Å²) < 4.78 is 5.28. The molecule has 92 valence electrons. The van der Waals surface area contributed by atoms with Crippen molar-refractivity contribution >= 4 is 12.0 Å². The van der Waals surface area contributed by atoms with E-state index in [0.717, 1.165) is 5.56 Å². The summed E-state index contributed by atoms with van der Waals surface area (Å²) in [6.45, 7) is 3.53. The summed E-state index contributed by atoms with van der Waals surface area (Å²) in [4.78, 5) is 21.0. The zero-order valence-corrected chi connectivity index (χ0v) is 9.97. The summed E-state index contributed by atoms with van der Waals surface area (Å²) >= 11 is 0. The maximum atomic E-state index is 10.9. The quantitative estimate of drug-likeness (QED) is 0.472. The van der Waals surface area contributed by atoms with Crippen LogP contribution in [0.5, 0.6) is 0 Å². The summed E-state index contributed by atoms with van der Waals surface area (Å²) in [6.07, 6.45) is 0.599. The Labute approximate surface area is 103 Å². The predicted octanol–water partition coefficient (Wildman–Crippen LogP) is 3.28. The maximum absolute atomic E-state index is 10.9. The SMILES string of the molecule is Cc1cc(C)c([N+](=O)[O-])cc1-c1ccc(C=O)o1. The van der Waals surface area contributed by atoms with Gasteiger partial charge in [0.1, 0.15) is 5.76 Å². The number of hydrogen-bond donors (Lipinski definition) is 0. The second-order valence-corrected chi connectivity index (χ2v) is 4.03. The van der Waals surface area contributed by atoms with E-state index in [9.17, 15) is 14.9 Å². The third-order valence-corrected chi connectivity index (χ3v) is 2.75. The van der Waals surface area contributed by atoms with Crippen LogP contribution in [0, 0.1) is 24.0 Å². The van der Waals surface area contributed by atoms with Crippen LogP contribution in [0.25, 0.3) is 11.3 Å². The summed E-state index contributed by atoms with van der Waals surface area (Å²) in [6, 6.07) is 6.37. The molecule has 0 atom stereocenters. The van der Waals surface area contributed by atoms with Gasteiger partial charge in [-0.05, 0) is 37.6 Å². The molecule has 1 aromatic carbocycles. The monoisotopic (exact) mass is 245 g/mol. The number of rotatable bonds is 3. The highest BCUT2D eigenvalue weighted by Crippen LogP contribution is 2.31. The molecule has 0 spiro atoms. The molecule has 0 aliphatic rings. The highest BCUT2D eigenvalue weighted by Gasteiger charge is 2.16. The molecule has 0 aliphatic heterocycles. The second kappa shape index (κ2) is 4.44. The van der Waals surface area contributed by atoms with Crippen molar-refractivity contribution in [2.75, 3.05) is 0 Å². The molecule has 1 aromatic heterocycles. The van der Waals surface area contributed by atoms with E-state index in [4.69, 9.17) is 4.42 Å². The second-order valence-electron chi connectivity index (χ2n) is 4.03. The minimum absolute atomic E-state index is 0.0413. The molecular weight excluding hydrogens is 234 g/mol. The fourth-order valence-electron chi connectivity index (χ4n) is 1.86. The average Bonchev–Trinajstić information content (AvgIpc) is 2.77. The predicted molar refractivity (Wildman–Crippen MR) is 65.7 cm³/mol. The fourth-order valence-corrected chi connectivity index (χ4v) is 1.86. The lowest BCUT2D eigenvalue weighted by Crippen LogP contribution is -1.94. The van der Waals surface area contributed by atoms with Gasteiger partial charge in [0.05, 0.1) is 4.92 Å². The molecule has 1 heterocycles. The smallest absolute Gasteiger partial charge is 0.273 e. The summed E-state index contributed by atoms with van der Waals surface area (Å²) in [5, 5.41) is 10.9. The van der Waals surface area contributed by atoms with Gasteiger partial charge < -0.3 is 4.42 Å². The number of carbonyl (C=O) groups excluding carboxylic acids is 1. The normalized spacial score (nSPS) is 10.3. The van der Waals surface area contributed by atoms with Crippen molar-refractivity contribution in [2.45, 2.75) is 13.8 Å². The Balaban J connectivity index is 2.59. The molecule has 2 rings (SSSR count). The van der Waals surface area contributed by atoms with Crippen LogP contribution in [-0.4, -0.2) is 11.2 Å². The lowest BCUT2D eigenvalue weighted by molar-refractivity contribution is -0.385. The van der Waals surface area contributed by atoms with Crippen LogP contribution in [0.2, 0.25) is 0 Å². The van der Waals surface area contributed by atoms with Crippen LogP contribution in [0.1, 0.15) is 21.7 Å². The highest BCUT2D eigenvalue weighted by atomic mass is 16.6. The standard InChI is InChI=1S/C13H11NO4/c1-8-5-9(2)12(14(16)17)6-11(8)13-4-3-10(7-15)18-13/h3-7H,1-2H3. The first-order chi connectivity index (χ1) is 8.52. The Hall–Kier alpha value is -2.43. The van der Waals surface area contributed by atoms with E-state index in [1.54, 1.807) is 19.1 Å². The molecular formula is C13H11NO4. The molecule has 2 aromatic rings. The molecule has 0 radical (unpaired) electrons. The van der Waals surface area contributed by atoms with Gasteiger partial charge >= 0.3 is 0 Å². The van der Waals surface area contributed by atoms with Gasteiger partial charge in [-0.15, -0.1) is 0 Å². The first-order valence-electron chi connectivity index (χ1n) is 5.34. The van der Waals surface area contributed by atoms with E-state index in [-0.39, 0.29) is 11.4 Å². The highest BCUT2D eigenvalue weighted by molar-refractivity contribution is 5.74. The molecule has 18 heavy (non-hydrogen) atoms. The van der Waals surface area contributed by atoms with E-state index >= 15 is 0 Å². The molecule has 0 bridgehead atoms. The largest absolute Gasteiger partial charge is 0.453 e. The van der Waals surface area contributed by atoms with Crippen LogP contribution in [0.4, 0.5) is 5.69 Å². The van der Waals surface area contributed by atoms with Crippen LogP contribution in [0.15, 0.2) is 28.7 Å². The number of nitrogens with zero attached hydrogens (tertiary/aromatic N) is 1. The Morgan fingerprint density at radius 2 is 1.94 bits per heavy atom. The Morgan fingerprint density at radius 3 is 2.50 bits per heavy atom. The molecule has 0 amide bonds. The lowest BCUT2D eigenvalue weighted by atomic mass is 10.0. The molecule has 5 heteroatoms. The van der Waals surface area contributed by atoms with Crippen molar-refractivity contribution in [3.63, 3.8) is 0 Å². The number of nitro benzene ring substituents is 1. The lowest BCUT2D eigenvalue weighted by Gasteiger charge is -2.05. The van der Waals surface area contributed by atoms with Crippen LogP contribution >= 0.6 is 0 Å². The molecule has 0 N–H and O–H groups in total. The molecule has 0 unspecified atom stereocenters. The van der Waals surface area contributed by atoms with Crippen molar-refractivity contribution in [2.24, 2.45) is 0 Å². The number of aldehydes is 1. The molecule has 0 fully saturated rings. The summed E-state index contributed by atoms with van der Waals surface area (Å²) in [5.74, 6) is 0.658. The average molecular weight is 245 g/mol. The maximum Gasteiger partial charge on any atom is 0.273 e. The van der Waals surface area contributed by atoms with Gasteiger partial charge in [0, 0.05) is 17.2 Å². The topological polar surface area (TPSA) is 73.3 Å². The van der Waals surface area contributed by atoms with E-state index in [1.165, 1.54) is 12.1 Å². The Bertz CT molecular complexity index is 628. The molecule has 0 aliphatic carbocycles. The van der Waals surface area contributed by atoms with Crippen molar-refractivity contribution < 1.29 is 14.1 Å². The molecule has 0 saturated carbocycles. The molecule has 5 nitrogen and oxygen atoms in total. The fraction of sp³-hybridized carbons (Fsp3) is 0.154. The molecule has 0 saturated heterocycles. The van der Waals surface area contributed by atoms with E-state index in [2.05, 4.69) is 0 Å². The van der Waals surface area contributed by atoms with E-state index in [0.29, 0.717) is 23.2 Å². The summed E-state index contributed by atoms with van der Waals surface area (Å²) in [7, 11) is 0. The van der Waals surface area contributed by atoms with Crippen molar-refractivity contribution in [1.82, 2.24) is 0 Å². The number of nitro groups is 1. The van der Waals surface area contributed by atoms with Crippen molar-refractivity contribution in [3.05, 3.63) is 51.3 Å². The van der Waals surface area contributed by atoms with Crippen molar-refractivity contribution in [3.8, 4) is 11.3 Å². The minimum Gasteiger partial charge on any atom is -0.453 e. The van der Waals surface area contributed by atoms with Gasteiger partial charge in [0.25, 0.3) is 5.69 Å². The van der Waals surface area contributed by atoms with E-state index in [1.807, 2.05) is 6.92 Å². The van der Waals surface area contributed by atoms with Gasteiger partial charge in [-0.1, -0.05) is 0 Å². The first kappa shape index (κ1) is 12.0. The number of hydrogen-bond acceptors (Lipinski definition) is 4. The Kier molecular flexibility index (Phi) is 2.97. The van der Waals surface area contributed by atoms with Gasteiger partial charge in [-0.25, -0.2) is 0 Å². The van der Waals surface area contributed by atoms with Crippen LogP contribution in [-0.2, 0) is 0 Å². The number of carbonyl (C=O) groups is 1.